The number of hydrogen-bond donors (Lipinski definition) is 1. The second-order valence-electron chi connectivity index (χ2n) is 7.30. The van der Waals surface area contributed by atoms with Gasteiger partial charge in [0.25, 0.3) is 5.56 Å². The van der Waals surface area contributed by atoms with Crippen molar-refractivity contribution in [3.05, 3.63) is 88.7 Å². The topological polar surface area (TPSA) is 82.5 Å². The maximum absolute atomic E-state index is 13.3. The summed E-state index contributed by atoms with van der Waals surface area (Å²) in [7, 11) is 1.56. The second-order valence-corrected chi connectivity index (χ2v) is 8.24. The summed E-state index contributed by atoms with van der Waals surface area (Å²) in [6.45, 7) is -2.67. The number of fused-ring (bicyclic) bond motifs is 1. The molecule has 10 heteroatoms. The summed E-state index contributed by atoms with van der Waals surface area (Å²) < 4.78 is 36.0. The van der Waals surface area contributed by atoms with Crippen molar-refractivity contribution in [2.45, 2.75) is 18.3 Å². The van der Waals surface area contributed by atoms with Gasteiger partial charge in [0.15, 0.2) is 5.16 Å². The standard InChI is InChI=1S/C25H21F2N3O4S/c1-33-21-9-5-2-6-16(21)14-28-22(31)15-35-25-29-20-8-4-3-7-19(20)23(32)30(25)17-10-12-18(13-11-17)34-24(26)27/h2-13,24H,14-15H2,1H3,(H,28,31). The molecule has 180 valence electrons. The van der Waals surface area contributed by atoms with E-state index in [-0.39, 0.29) is 29.5 Å². The van der Waals surface area contributed by atoms with Crippen molar-refractivity contribution >= 4 is 28.6 Å². The van der Waals surface area contributed by atoms with Gasteiger partial charge in [0.05, 0.1) is 29.5 Å². The average molecular weight is 498 g/mol. The normalized spacial score (nSPS) is 11.0. The van der Waals surface area contributed by atoms with E-state index >= 15 is 0 Å². The molecule has 0 aliphatic rings. The Morgan fingerprint density at radius 1 is 1.06 bits per heavy atom. The Labute approximate surface area is 203 Å². The molecule has 1 N–H and O–H groups in total. The third-order valence-corrected chi connectivity index (χ3v) is 6.00. The van der Waals surface area contributed by atoms with Gasteiger partial charge in [-0.15, -0.1) is 0 Å². The first-order valence-electron chi connectivity index (χ1n) is 10.5. The Morgan fingerprint density at radius 2 is 1.77 bits per heavy atom. The van der Waals surface area contributed by atoms with Crippen LogP contribution in [-0.2, 0) is 11.3 Å². The van der Waals surface area contributed by atoms with E-state index in [9.17, 15) is 18.4 Å². The van der Waals surface area contributed by atoms with E-state index in [0.717, 1.165) is 17.3 Å². The minimum absolute atomic E-state index is 0.00645. The van der Waals surface area contributed by atoms with Gasteiger partial charge in [-0.25, -0.2) is 4.98 Å². The molecule has 4 aromatic rings. The molecule has 0 saturated heterocycles. The number of rotatable bonds is 9. The Balaban J connectivity index is 1.58. The van der Waals surface area contributed by atoms with E-state index < -0.39 is 6.61 Å². The quantitative estimate of drug-likeness (QED) is 0.273. The van der Waals surface area contributed by atoms with E-state index in [2.05, 4.69) is 15.0 Å². The lowest BCUT2D eigenvalue weighted by atomic mass is 10.2. The van der Waals surface area contributed by atoms with Crippen LogP contribution in [0.25, 0.3) is 16.6 Å². The molecule has 3 aromatic carbocycles. The lowest BCUT2D eigenvalue weighted by Crippen LogP contribution is -2.26. The SMILES string of the molecule is COc1ccccc1CNC(=O)CSc1nc2ccccc2c(=O)n1-c1ccc(OC(F)F)cc1. The van der Waals surface area contributed by atoms with E-state index in [1.165, 1.54) is 28.8 Å². The van der Waals surface area contributed by atoms with Crippen LogP contribution >= 0.6 is 11.8 Å². The maximum atomic E-state index is 13.3. The zero-order valence-electron chi connectivity index (χ0n) is 18.6. The number of para-hydroxylation sites is 2. The fourth-order valence-corrected chi connectivity index (χ4v) is 4.28. The van der Waals surface area contributed by atoms with Crippen molar-refractivity contribution in [1.82, 2.24) is 14.9 Å². The smallest absolute Gasteiger partial charge is 0.387 e. The molecule has 0 aliphatic heterocycles. The Kier molecular flexibility index (Phi) is 7.61. The first-order valence-corrected chi connectivity index (χ1v) is 11.5. The van der Waals surface area contributed by atoms with Gasteiger partial charge in [-0.05, 0) is 42.5 Å². The van der Waals surface area contributed by atoms with Gasteiger partial charge in [0.2, 0.25) is 5.91 Å². The van der Waals surface area contributed by atoms with Gasteiger partial charge >= 0.3 is 6.61 Å². The summed E-state index contributed by atoms with van der Waals surface area (Å²) >= 11 is 1.10. The zero-order valence-corrected chi connectivity index (χ0v) is 19.4. The van der Waals surface area contributed by atoms with Gasteiger partial charge in [-0.1, -0.05) is 42.1 Å². The number of aromatic nitrogens is 2. The number of nitrogens with one attached hydrogen (secondary N) is 1. The highest BCUT2D eigenvalue weighted by Gasteiger charge is 2.15. The molecule has 1 aromatic heterocycles. The van der Waals surface area contributed by atoms with Crippen molar-refractivity contribution in [2.75, 3.05) is 12.9 Å². The summed E-state index contributed by atoms with van der Waals surface area (Å²) in [5.74, 6) is 0.391. The molecule has 0 bridgehead atoms. The Morgan fingerprint density at radius 3 is 2.51 bits per heavy atom. The predicted octanol–water partition coefficient (Wildman–Crippen LogP) is 4.40. The largest absolute Gasteiger partial charge is 0.496 e. The minimum atomic E-state index is -2.95. The molecule has 4 rings (SSSR count). The minimum Gasteiger partial charge on any atom is -0.496 e. The molecule has 0 fully saturated rings. The molecule has 1 amide bonds. The first kappa shape index (κ1) is 24.2. The van der Waals surface area contributed by atoms with Gasteiger partial charge in [0, 0.05) is 12.1 Å². The van der Waals surface area contributed by atoms with Gasteiger partial charge in [0.1, 0.15) is 11.5 Å². The third-order valence-electron chi connectivity index (χ3n) is 5.07. The summed E-state index contributed by atoms with van der Waals surface area (Å²) in [5, 5.41) is 3.53. The highest BCUT2D eigenvalue weighted by molar-refractivity contribution is 7.99. The fraction of sp³-hybridized carbons (Fsp3) is 0.160. The molecule has 7 nitrogen and oxygen atoms in total. The number of alkyl halides is 2. The van der Waals surface area contributed by atoms with Crippen molar-refractivity contribution in [3.8, 4) is 17.2 Å². The number of carbonyl (C=O) groups excluding carboxylic acids is 1. The van der Waals surface area contributed by atoms with Gasteiger partial charge < -0.3 is 14.8 Å². The van der Waals surface area contributed by atoms with E-state index in [1.807, 2.05) is 24.3 Å². The van der Waals surface area contributed by atoms with Gasteiger partial charge in [-0.2, -0.15) is 8.78 Å². The van der Waals surface area contributed by atoms with E-state index in [1.54, 1.807) is 31.4 Å². The Hall–Kier alpha value is -3.92. The summed E-state index contributed by atoms with van der Waals surface area (Å²) in [5.41, 5.74) is 1.39. The number of hydrogen-bond acceptors (Lipinski definition) is 6. The molecular weight excluding hydrogens is 476 g/mol. The number of carbonyl (C=O) groups is 1. The number of benzene rings is 3. The van der Waals surface area contributed by atoms with E-state index in [4.69, 9.17) is 4.74 Å². The fourth-order valence-electron chi connectivity index (χ4n) is 3.44. The lowest BCUT2D eigenvalue weighted by molar-refractivity contribution is -0.118. The molecule has 0 unspecified atom stereocenters. The lowest BCUT2D eigenvalue weighted by Gasteiger charge is -2.14. The van der Waals surface area contributed by atoms with Crippen LogP contribution in [0.2, 0.25) is 0 Å². The molecular formula is C25H21F2N3O4S. The highest BCUT2D eigenvalue weighted by Crippen LogP contribution is 2.24. The summed E-state index contributed by atoms with van der Waals surface area (Å²) in [6, 6.07) is 19.9. The van der Waals surface area contributed by atoms with Crippen molar-refractivity contribution < 1.29 is 23.0 Å². The van der Waals surface area contributed by atoms with Crippen LogP contribution in [-0.4, -0.2) is 34.9 Å². The molecule has 35 heavy (non-hydrogen) atoms. The van der Waals surface area contributed by atoms with Crippen LogP contribution in [0, 0.1) is 0 Å². The summed E-state index contributed by atoms with van der Waals surface area (Å²) in [4.78, 5) is 30.4. The number of methoxy groups -OCH3 is 1. The number of thioether (sulfide) groups is 1. The first-order chi connectivity index (χ1) is 17.0. The number of ether oxygens (including phenoxy) is 2. The number of halogens is 2. The zero-order chi connectivity index (χ0) is 24.8. The van der Waals surface area contributed by atoms with Crippen LogP contribution in [0.15, 0.2) is 82.7 Å². The second kappa shape index (κ2) is 11.0. The van der Waals surface area contributed by atoms with E-state index in [0.29, 0.717) is 27.5 Å². The molecule has 0 radical (unpaired) electrons. The predicted molar refractivity (Wildman–Crippen MR) is 130 cm³/mol. The van der Waals surface area contributed by atoms with Crippen molar-refractivity contribution in [1.29, 1.82) is 0 Å². The Bertz CT molecular complexity index is 1390. The molecule has 0 saturated carbocycles. The molecule has 0 spiro atoms. The van der Waals surface area contributed by atoms with Crippen molar-refractivity contribution in [3.63, 3.8) is 0 Å². The molecule has 0 atom stereocenters. The van der Waals surface area contributed by atoms with Crippen LogP contribution in [0.4, 0.5) is 8.78 Å². The number of nitrogens with zero attached hydrogens (tertiary/aromatic N) is 2. The monoisotopic (exact) mass is 497 g/mol. The summed E-state index contributed by atoms with van der Waals surface area (Å²) in [6.07, 6.45) is 0. The highest BCUT2D eigenvalue weighted by atomic mass is 32.2. The van der Waals surface area contributed by atoms with Crippen LogP contribution in [0.5, 0.6) is 11.5 Å². The van der Waals surface area contributed by atoms with Crippen LogP contribution in [0.1, 0.15) is 5.56 Å². The molecule has 0 aliphatic carbocycles. The third kappa shape index (κ3) is 5.78. The molecule has 1 heterocycles. The maximum Gasteiger partial charge on any atom is 0.387 e. The number of amides is 1. The van der Waals surface area contributed by atoms with Crippen LogP contribution in [0.3, 0.4) is 0 Å². The van der Waals surface area contributed by atoms with Crippen molar-refractivity contribution in [2.24, 2.45) is 0 Å². The van der Waals surface area contributed by atoms with Gasteiger partial charge in [-0.3, -0.25) is 14.2 Å². The average Bonchev–Trinajstić information content (AvgIpc) is 2.87. The van der Waals surface area contributed by atoms with Crippen LogP contribution < -0.4 is 20.3 Å².